The van der Waals surface area contributed by atoms with Crippen LogP contribution in [0.5, 0.6) is 0 Å². The second kappa shape index (κ2) is 4.49. The summed E-state index contributed by atoms with van der Waals surface area (Å²) >= 11 is 5.62. The highest BCUT2D eigenvalue weighted by Crippen LogP contribution is 2.04. The minimum atomic E-state index is -0.138. The van der Waals surface area contributed by atoms with Gasteiger partial charge in [0.2, 0.25) is 0 Å². The van der Waals surface area contributed by atoms with Crippen molar-refractivity contribution in [3.8, 4) is 0 Å². The van der Waals surface area contributed by atoms with Gasteiger partial charge in [-0.25, -0.2) is 4.98 Å². The van der Waals surface area contributed by atoms with E-state index in [0.717, 1.165) is 5.56 Å². The molecule has 0 saturated carbocycles. The van der Waals surface area contributed by atoms with Gasteiger partial charge in [0.15, 0.2) is 0 Å². The normalized spacial score (nSPS) is 10.4. The lowest BCUT2D eigenvalue weighted by atomic mass is 10.1. The Balaban J connectivity index is 2.27. The van der Waals surface area contributed by atoms with Gasteiger partial charge in [0.25, 0.3) is 5.56 Å². The molecule has 4 heteroatoms. The van der Waals surface area contributed by atoms with Crippen LogP contribution in [-0.2, 0) is 6.54 Å². The highest BCUT2D eigenvalue weighted by atomic mass is 35.5. The van der Waals surface area contributed by atoms with E-state index in [9.17, 15) is 4.79 Å². The zero-order chi connectivity index (χ0) is 11.5. The maximum Gasteiger partial charge on any atom is 0.255 e. The van der Waals surface area contributed by atoms with Gasteiger partial charge in [0, 0.05) is 6.07 Å². The molecule has 0 bridgehead atoms. The summed E-state index contributed by atoms with van der Waals surface area (Å²) in [5.41, 5.74) is 2.13. The lowest BCUT2D eigenvalue weighted by Gasteiger charge is -2.05. The molecule has 0 aliphatic heterocycles. The van der Waals surface area contributed by atoms with Gasteiger partial charge in [-0.15, -0.1) is 0 Å². The molecule has 1 aromatic heterocycles. The van der Waals surface area contributed by atoms with Gasteiger partial charge < -0.3 is 0 Å². The summed E-state index contributed by atoms with van der Waals surface area (Å²) in [5.74, 6) is 0. The summed E-state index contributed by atoms with van der Waals surface area (Å²) in [7, 11) is 0. The van der Waals surface area contributed by atoms with Crippen LogP contribution >= 0.6 is 11.6 Å². The highest BCUT2D eigenvalue weighted by molar-refractivity contribution is 6.29. The quantitative estimate of drug-likeness (QED) is 0.747. The molecule has 0 aliphatic carbocycles. The van der Waals surface area contributed by atoms with Gasteiger partial charge in [-0.05, 0) is 12.5 Å². The van der Waals surface area contributed by atoms with Crippen LogP contribution < -0.4 is 5.56 Å². The van der Waals surface area contributed by atoms with Crippen LogP contribution in [0.3, 0.4) is 0 Å². The molecule has 0 unspecified atom stereocenters. The van der Waals surface area contributed by atoms with E-state index in [-0.39, 0.29) is 10.7 Å². The predicted octanol–water partition coefficient (Wildman–Crippen LogP) is 2.25. The van der Waals surface area contributed by atoms with Crippen molar-refractivity contribution < 1.29 is 0 Å². The first-order valence-electron chi connectivity index (χ1n) is 4.93. The molecule has 1 heterocycles. The third-order valence-corrected chi connectivity index (χ3v) is 2.53. The first-order chi connectivity index (χ1) is 7.65. The van der Waals surface area contributed by atoms with Crippen LogP contribution in [0.1, 0.15) is 11.1 Å². The average molecular weight is 235 g/mol. The maximum atomic E-state index is 11.5. The molecule has 0 radical (unpaired) electrons. The van der Waals surface area contributed by atoms with Gasteiger partial charge in [-0.3, -0.25) is 9.36 Å². The third kappa shape index (κ3) is 2.49. The minimum absolute atomic E-state index is 0.138. The zero-order valence-electron chi connectivity index (χ0n) is 8.85. The first-order valence-corrected chi connectivity index (χ1v) is 5.30. The van der Waals surface area contributed by atoms with E-state index < -0.39 is 0 Å². The van der Waals surface area contributed by atoms with Crippen LogP contribution in [0, 0.1) is 6.92 Å². The fraction of sp³-hybridized carbons (Fsp3) is 0.167. The van der Waals surface area contributed by atoms with Crippen LogP contribution in [0.2, 0.25) is 5.15 Å². The molecule has 2 rings (SSSR count). The topological polar surface area (TPSA) is 34.9 Å². The molecule has 0 saturated heterocycles. The van der Waals surface area contributed by atoms with Crippen molar-refractivity contribution in [1.82, 2.24) is 9.55 Å². The first kappa shape index (κ1) is 10.9. The Hall–Kier alpha value is -1.61. The van der Waals surface area contributed by atoms with Gasteiger partial charge in [0.1, 0.15) is 5.15 Å². The largest absolute Gasteiger partial charge is 0.295 e. The van der Waals surface area contributed by atoms with Crippen LogP contribution in [0.15, 0.2) is 41.5 Å². The molecule has 2 aromatic rings. The average Bonchev–Trinajstić information content (AvgIpc) is 2.25. The molecule has 0 N–H and O–H groups in total. The molecule has 3 nitrogen and oxygen atoms in total. The second-order valence-corrected chi connectivity index (χ2v) is 4.05. The van der Waals surface area contributed by atoms with Crippen LogP contribution in [0.25, 0.3) is 0 Å². The Labute approximate surface area is 98.3 Å². The van der Waals surface area contributed by atoms with Crippen molar-refractivity contribution in [3.63, 3.8) is 0 Å². The summed E-state index contributed by atoms with van der Waals surface area (Å²) in [5, 5.41) is 0.227. The predicted molar refractivity (Wildman–Crippen MR) is 63.8 cm³/mol. The fourth-order valence-electron chi connectivity index (χ4n) is 1.41. The maximum absolute atomic E-state index is 11.5. The van der Waals surface area contributed by atoms with Crippen LogP contribution in [0.4, 0.5) is 0 Å². The Bertz CT molecular complexity index is 546. The Morgan fingerprint density at radius 3 is 2.62 bits per heavy atom. The number of halogens is 1. The lowest BCUT2D eigenvalue weighted by molar-refractivity contribution is 0.736. The van der Waals surface area contributed by atoms with E-state index in [1.807, 2.05) is 31.2 Å². The Morgan fingerprint density at radius 1 is 1.31 bits per heavy atom. The number of aryl methyl sites for hydroxylation is 1. The smallest absolute Gasteiger partial charge is 0.255 e. The Kier molecular flexibility index (Phi) is 3.06. The number of benzene rings is 1. The standard InChI is InChI=1S/C12H11ClN2O/c1-9-2-4-10(5-3-9)7-15-8-14-11(13)6-12(15)16/h2-6,8H,7H2,1H3. The van der Waals surface area contributed by atoms with E-state index in [1.54, 1.807) is 0 Å². The van der Waals surface area contributed by atoms with Crippen molar-refractivity contribution in [1.29, 1.82) is 0 Å². The van der Waals surface area contributed by atoms with Gasteiger partial charge in [-0.2, -0.15) is 0 Å². The van der Waals surface area contributed by atoms with Gasteiger partial charge in [-0.1, -0.05) is 41.4 Å². The summed E-state index contributed by atoms with van der Waals surface area (Å²) in [6.07, 6.45) is 1.46. The molecule has 0 aliphatic rings. The summed E-state index contributed by atoms with van der Waals surface area (Å²) in [4.78, 5) is 15.4. The number of nitrogens with zero attached hydrogens (tertiary/aromatic N) is 2. The van der Waals surface area contributed by atoms with Crippen molar-refractivity contribution in [2.24, 2.45) is 0 Å². The molecule has 0 amide bonds. The summed E-state index contributed by atoms with van der Waals surface area (Å²) in [6.45, 7) is 2.54. The molecular weight excluding hydrogens is 224 g/mol. The van der Waals surface area contributed by atoms with Crippen molar-refractivity contribution >= 4 is 11.6 Å². The fourth-order valence-corrected chi connectivity index (χ4v) is 1.55. The van der Waals surface area contributed by atoms with Crippen molar-refractivity contribution in [3.05, 3.63) is 63.3 Å². The van der Waals surface area contributed by atoms with E-state index in [1.165, 1.54) is 22.5 Å². The molecule has 0 atom stereocenters. The number of rotatable bonds is 2. The molecule has 16 heavy (non-hydrogen) atoms. The third-order valence-electron chi connectivity index (χ3n) is 2.32. The molecular formula is C12H11ClN2O. The molecule has 0 fully saturated rings. The molecule has 0 spiro atoms. The van der Waals surface area contributed by atoms with E-state index in [0.29, 0.717) is 6.54 Å². The zero-order valence-corrected chi connectivity index (χ0v) is 9.61. The summed E-state index contributed by atoms with van der Waals surface area (Å²) in [6, 6.07) is 9.34. The van der Waals surface area contributed by atoms with Gasteiger partial charge in [0.05, 0.1) is 12.9 Å². The highest BCUT2D eigenvalue weighted by Gasteiger charge is 1.99. The van der Waals surface area contributed by atoms with E-state index in [2.05, 4.69) is 4.98 Å². The second-order valence-electron chi connectivity index (χ2n) is 3.66. The van der Waals surface area contributed by atoms with Crippen molar-refractivity contribution in [2.45, 2.75) is 13.5 Å². The number of hydrogen-bond donors (Lipinski definition) is 0. The number of aromatic nitrogens is 2. The van der Waals surface area contributed by atoms with E-state index in [4.69, 9.17) is 11.6 Å². The minimum Gasteiger partial charge on any atom is -0.295 e. The van der Waals surface area contributed by atoms with Gasteiger partial charge >= 0.3 is 0 Å². The van der Waals surface area contributed by atoms with Crippen molar-refractivity contribution in [2.75, 3.05) is 0 Å². The molecule has 82 valence electrons. The van der Waals surface area contributed by atoms with E-state index >= 15 is 0 Å². The summed E-state index contributed by atoms with van der Waals surface area (Å²) < 4.78 is 1.52. The monoisotopic (exact) mass is 234 g/mol. The Morgan fingerprint density at radius 2 is 2.00 bits per heavy atom. The molecule has 1 aromatic carbocycles. The number of hydrogen-bond acceptors (Lipinski definition) is 2. The van der Waals surface area contributed by atoms with Crippen LogP contribution in [-0.4, -0.2) is 9.55 Å². The SMILES string of the molecule is Cc1ccc(Cn2cnc(Cl)cc2=O)cc1. The lowest BCUT2D eigenvalue weighted by Crippen LogP contribution is -2.19.